The predicted molar refractivity (Wildman–Crippen MR) is 78.7 cm³/mol. The van der Waals surface area contributed by atoms with Crippen LogP contribution < -0.4 is 10.6 Å². The fourth-order valence-electron chi connectivity index (χ4n) is 2.52. The van der Waals surface area contributed by atoms with Gasteiger partial charge in [-0.05, 0) is 24.3 Å². The molecule has 1 saturated heterocycles. The van der Waals surface area contributed by atoms with Crippen LogP contribution in [-0.4, -0.2) is 19.0 Å². The van der Waals surface area contributed by atoms with E-state index in [9.17, 15) is 4.79 Å². The molecule has 0 atom stereocenters. The third-order valence-corrected chi connectivity index (χ3v) is 3.80. The Bertz CT molecular complexity index is 802. The monoisotopic (exact) mass is 266 g/mol. The second-order valence-corrected chi connectivity index (χ2v) is 5.15. The minimum absolute atomic E-state index is 0.0795. The van der Waals surface area contributed by atoms with Crippen LogP contribution in [0.15, 0.2) is 46.9 Å². The third kappa shape index (κ3) is 1.77. The van der Waals surface area contributed by atoms with Gasteiger partial charge < -0.3 is 15.1 Å². The zero-order valence-corrected chi connectivity index (χ0v) is 10.8. The topological polar surface area (TPSA) is 54.3 Å². The first-order valence-electron chi connectivity index (χ1n) is 6.74. The lowest BCUT2D eigenvalue weighted by molar-refractivity contribution is -0.121. The smallest absolute Gasteiger partial charge is 0.230 e. The van der Waals surface area contributed by atoms with Crippen molar-refractivity contribution in [2.75, 3.05) is 18.4 Å². The molecule has 0 aliphatic carbocycles. The first-order chi connectivity index (χ1) is 9.81. The van der Waals surface area contributed by atoms with E-state index < -0.39 is 0 Å². The van der Waals surface area contributed by atoms with Crippen LogP contribution in [0.3, 0.4) is 0 Å². The second-order valence-electron chi connectivity index (χ2n) is 5.15. The number of rotatable bonds is 2. The summed E-state index contributed by atoms with van der Waals surface area (Å²) in [6.45, 7) is 1.53. The number of carbonyl (C=O) groups excluding carboxylic acids is 1. The molecule has 1 amide bonds. The van der Waals surface area contributed by atoms with Crippen molar-refractivity contribution < 1.29 is 9.21 Å². The van der Waals surface area contributed by atoms with Crippen molar-refractivity contribution in [3.05, 3.63) is 42.5 Å². The van der Waals surface area contributed by atoms with Gasteiger partial charge in [-0.2, -0.15) is 0 Å². The van der Waals surface area contributed by atoms with E-state index in [0.717, 1.165) is 40.7 Å². The lowest BCUT2D eigenvalue weighted by Crippen LogP contribution is -2.48. The van der Waals surface area contributed by atoms with Gasteiger partial charge in [-0.3, -0.25) is 4.79 Å². The quantitative estimate of drug-likeness (QED) is 0.750. The fraction of sp³-hybridized carbons (Fsp3) is 0.188. The van der Waals surface area contributed by atoms with Crippen molar-refractivity contribution in [2.45, 2.75) is 0 Å². The Morgan fingerprint density at radius 2 is 1.90 bits per heavy atom. The van der Waals surface area contributed by atoms with E-state index in [2.05, 4.69) is 10.6 Å². The molecule has 3 aromatic rings. The van der Waals surface area contributed by atoms with Gasteiger partial charge in [-0.25, -0.2) is 0 Å². The Kier molecular flexibility index (Phi) is 2.50. The van der Waals surface area contributed by atoms with Gasteiger partial charge in [0.25, 0.3) is 0 Å². The van der Waals surface area contributed by atoms with Gasteiger partial charge >= 0.3 is 0 Å². The zero-order chi connectivity index (χ0) is 13.5. The SMILES string of the molecule is O=C(Nc1ccc2oc3ccccc3c2c1)C1CNC1. The summed E-state index contributed by atoms with van der Waals surface area (Å²) in [6.07, 6.45) is 0. The van der Waals surface area contributed by atoms with E-state index in [1.807, 2.05) is 42.5 Å². The van der Waals surface area contributed by atoms with Crippen molar-refractivity contribution in [2.24, 2.45) is 5.92 Å². The molecule has 0 radical (unpaired) electrons. The van der Waals surface area contributed by atoms with Crippen LogP contribution in [0.1, 0.15) is 0 Å². The first-order valence-corrected chi connectivity index (χ1v) is 6.74. The number of furan rings is 1. The van der Waals surface area contributed by atoms with Crippen molar-refractivity contribution >= 4 is 33.5 Å². The largest absolute Gasteiger partial charge is 0.456 e. The second kappa shape index (κ2) is 4.35. The summed E-state index contributed by atoms with van der Waals surface area (Å²) in [7, 11) is 0. The minimum atomic E-state index is 0.0795. The number of benzene rings is 2. The summed E-state index contributed by atoms with van der Waals surface area (Å²) >= 11 is 0. The minimum Gasteiger partial charge on any atom is -0.456 e. The number of anilines is 1. The Hall–Kier alpha value is -2.33. The average Bonchev–Trinajstić information content (AvgIpc) is 2.75. The van der Waals surface area contributed by atoms with Crippen LogP contribution in [0.2, 0.25) is 0 Å². The first kappa shape index (κ1) is 11.5. The number of nitrogens with one attached hydrogen (secondary N) is 2. The van der Waals surface area contributed by atoms with Crippen molar-refractivity contribution in [3.63, 3.8) is 0 Å². The lowest BCUT2D eigenvalue weighted by atomic mass is 10.0. The number of carbonyl (C=O) groups is 1. The Morgan fingerprint density at radius 1 is 1.10 bits per heavy atom. The highest BCUT2D eigenvalue weighted by molar-refractivity contribution is 6.07. The van der Waals surface area contributed by atoms with E-state index in [4.69, 9.17) is 4.42 Å². The normalized spacial score (nSPS) is 15.4. The van der Waals surface area contributed by atoms with E-state index in [-0.39, 0.29) is 11.8 Å². The van der Waals surface area contributed by atoms with Crippen molar-refractivity contribution in [1.29, 1.82) is 0 Å². The molecule has 0 saturated carbocycles. The van der Waals surface area contributed by atoms with Gasteiger partial charge in [-0.15, -0.1) is 0 Å². The van der Waals surface area contributed by atoms with Crippen molar-refractivity contribution in [3.8, 4) is 0 Å². The van der Waals surface area contributed by atoms with Gasteiger partial charge in [-0.1, -0.05) is 18.2 Å². The molecule has 0 unspecified atom stereocenters. The Morgan fingerprint density at radius 3 is 2.70 bits per heavy atom. The fourth-order valence-corrected chi connectivity index (χ4v) is 2.52. The van der Waals surface area contributed by atoms with Gasteiger partial charge in [0.05, 0.1) is 5.92 Å². The number of amides is 1. The van der Waals surface area contributed by atoms with Crippen LogP contribution in [0, 0.1) is 5.92 Å². The molecular weight excluding hydrogens is 252 g/mol. The average molecular weight is 266 g/mol. The number of fused-ring (bicyclic) bond motifs is 3. The molecule has 4 heteroatoms. The molecule has 0 spiro atoms. The highest BCUT2D eigenvalue weighted by Gasteiger charge is 2.24. The Labute approximate surface area is 115 Å². The third-order valence-electron chi connectivity index (χ3n) is 3.80. The van der Waals surface area contributed by atoms with E-state index in [1.54, 1.807) is 0 Å². The number of hydrogen-bond acceptors (Lipinski definition) is 3. The standard InChI is InChI=1S/C16H14N2O2/c19-16(10-8-17-9-10)18-11-5-6-15-13(7-11)12-3-1-2-4-14(12)20-15/h1-7,10,17H,8-9H2,(H,18,19). The van der Waals surface area contributed by atoms with E-state index in [1.165, 1.54) is 0 Å². The maximum atomic E-state index is 12.0. The molecule has 1 aromatic heterocycles. The van der Waals surface area contributed by atoms with Crippen molar-refractivity contribution in [1.82, 2.24) is 5.32 Å². The molecule has 2 aromatic carbocycles. The molecule has 20 heavy (non-hydrogen) atoms. The highest BCUT2D eigenvalue weighted by Crippen LogP contribution is 2.30. The summed E-state index contributed by atoms with van der Waals surface area (Å²) in [4.78, 5) is 12.0. The summed E-state index contributed by atoms with van der Waals surface area (Å²) in [6, 6.07) is 13.7. The molecular formula is C16H14N2O2. The zero-order valence-electron chi connectivity index (χ0n) is 10.8. The van der Waals surface area contributed by atoms with Crippen LogP contribution in [0.5, 0.6) is 0 Å². The molecule has 1 aliphatic rings. The highest BCUT2D eigenvalue weighted by atomic mass is 16.3. The summed E-state index contributed by atoms with van der Waals surface area (Å²) in [5.74, 6) is 0.169. The van der Waals surface area contributed by atoms with E-state index >= 15 is 0 Å². The molecule has 4 rings (SSSR count). The molecule has 2 N–H and O–H groups in total. The molecule has 1 aliphatic heterocycles. The van der Waals surface area contributed by atoms with Crippen LogP contribution >= 0.6 is 0 Å². The van der Waals surface area contributed by atoms with E-state index in [0.29, 0.717) is 0 Å². The summed E-state index contributed by atoms with van der Waals surface area (Å²) in [5, 5.41) is 8.18. The number of para-hydroxylation sites is 1. The molecule has 0 bridgehead atoms. The number of hydrogen-bond donors (Lipinski definition) is 2. The van der Waals surface area contributed by atoms with Gasteiger partial charge in [0.1, 0.15) is 11.2 Å². The van der Waals surface area contributed by atoms with Gasteiger partial charge in [0.15, 0.2) is 0 Å². The van der Waals surface area contributed by atoms with Crippen LogP contribution in [0.25, 0.3) is 21.9 Å². The molecule has 2 heterocycles. The molecule has 1 fully saturated rings. The van der Waals surface area contributed by atoms with Crippen LogP contribution in [-0.2, 0) is 4.79 Å². The predicted octanol–water partition coefficient (Wildman–Crippen LogP) is 2.74. The maximum Gasteiger partial charge on any atom is 0.230 e. The van der Waals surface area contributed by atoms with Gasteiger partial charge in [0.2, 0.25) is 5.91 Å². The van der Waals surface area contributed by atoms with Crippen LogP contribution in [0.4, 0.5) is 5.69 Å². The molecule has 4 nitrogen and oxygen atoms in total. The lowest BCUT2D eigenvalue weighted by Gasteiger charge is -2.25. The maximum absolute atomic E-state index is 12.0. The summed E-state index contributed by atoms with van der Waals surface area (Å²) < 4.78 is 5.77. The van der Waals surface area contributed by atoms with Gasteiger partial charge in [0, 0.05) is 29.5 Å². The summed E-state index contributed by atoms with van der Waals surface area (Å²) in [5.41, 5.74) is 2.53. The molecule has 100 valence electrons. The Balaban J connectivity index is 1.73.